The number of benzene rings is 1. The summed E-state index contributed by atoms with van der Waals surface area (Å²) in [7, 11) is -0.221. The maximum Gasteiger partial charge on any atom is 0.258 e. The van der Waals surface area contributed by atoms with Crippen molar-refractivity contribution in [1.29, 1.82) is 0 Å². The molecule has 0 aliphatic carbocycles. The van der Waals surface area contributed by atoms with Crippen LogP contribution in [0.5, 0.6) is 0 Å². The Kier molecular flexibility index (Phi) is 7.16. The van der Waals surface area contributed by atoms with E-state index in [2.05, 4.69) is 64.4 Å². The number of β-lactam (4-membered cyclic amide) rings is 1. The van der Waals surface area contributed by atoms with Gasteiger partial charge in [-0.15, -0.1) is 6.58 Å². The highest BCUT2D eigenvalue weighted by Gasteiger charge is 2.55. The van der Waals surface area contributed by atoms with Crippen molar-refractivity contribution >= 4 is 19.9 Å². The molecule has 2 heterocycles. The van der Waals surface area contributed by atoms with Gasteiger partial charge in [0.15, 0.2) is 14.4 Å². The Bertz CT molecular complexity index is 787. The number of nitrogens with zero attached hydrogens (tertiary/aromatic N) is 2. The molecule has 2 aliphatic rings. The lowest BCUT2D eigenvalue weighted by atomic mass is 9.83. The molecule has 0 bridgehead atoms. The van der Waals surface area contributed by atoms with Crippen LogP contribution < -0.4 is 4.90 Å². The van der Waals surface area contributed by atoms with Crippen molar-refractivity contribution < 1.29 is 14.0 Å². The first kappa shape index (κ1) is 24.2. The molecule has 5 nitrogen and oxygen atoms in total. The molecule has 1 amide bonds. The van der Waals surface area contributed by atoms with E-state index >= 15 is 0 Å². The van der Waals surface area contributed by atoms with Gasteiger partial charge in [-0.3, -0.25) is 9.69 Å². The summed E-state index contributed by atoms with van der Waals surface area (Å²) >= 11 is 0. The first-order chi connectivity index (χ1) is 14.5. The SMILES string of the molecule is C=CCN1CC[C@@H](O[Si](C)(C)C(C)(C)C)C[C@H]1[C@H]1[C@@H](OC)C(=O)N1c1ccc(C)cc1. The quantitative estimate of drug-likeness (QED) is 0.345. The second kappa shape index (κ2) is 9.18. The normalized spacial score (nSPS) is 27.8. The third kappa shape index (κ3) is 4.82. The fourth-order valence-corrected chi connectivity index (χ4v) is 5.96. The van der Waals surface area contributed by atoms with Crippen LogP contribution in [0.3, 0.4) is 0 Å². The van der Waals surface area contributed by atoms with Gasteiger partial charge in [-0.05, 0) is 50.0 Å². The van der Waals surface area contributed by atoms with E-state index in [1.807, 2.05) is 23.1 Å². The van der Waals surface area contributed by atoms with Crippen LogP contribution in [0.2, 0.25) is 18.1 Å². The van der Waals surface area contributed by atoms with E-state index in [1.165, 1.54) is 5.56 Å². The Balaban J connectivity index is 1.87. The Morgan fingerprint density at radius 3 is 2.42 bits per heavy atom. The van der Waals surface area contributed by atoms with Gasteiger partial charge in [0, 0.05) is 38.0 Å². The summed E-state index contributed by atoms with van der Waals surface area (Å²) in [4.78, 5) is 17.4. The molecule has 2 fully saturated rings. The largest absolute Gasteiger partial charge is 0.414 e. The van der Waals surface area contributed by atoms with Crippen molar-refractivity contribution in [3.63, 3.8) is 0 Å². The number of rotatable bonds is 7. The van der Waals surface area contributed by atoms with Crippen LogP contribution in [0.15, 0.2) is 36.9 Å². The van der Waals surface area contributed by atoms with E-state index in [0.717, 1.165) is 31.6 Å². The van der Waals surface area contributed by atoms with Crippen molar-refractivity contribution in [2.75, 3.05) is 25.1 Å². The lowest BCUT2D eigenvalue weighted by Gasteiger charge is -2.55. The first-order valence-electron chi connectivity index (χ1n) is 11.5. The van der Waals surface area contributed by atoms with Gasteiger partial charge in [-0.25, -0.2) is 0 Å². The number of ether oxygens (including phenoxy) is 1. The number of hydrogen-bond donors (Lipinski definition) is 0. The summed E-state index contributed by atoms with van der Waals surface area (Å²) in [6, 6.07) is 8.35. The van der Waals surface area contributed by atoms with Crippen molar-refractivity contribution in [2.24, 2.45) is 0 Å². The van der Waals surface area contributed by atoms with Gasteiger partial charge in [-0.1, -0.05) is 44.5 Å². The average molecular weight is 445 g/mol. The highest BCUT2D eigenvalue weighted by molar-refractivity contribution is 6.74. The third-order valence-corrected chi connectivity index (χ3v) is 11.9. The monoisotopic (exact) mass is 444 g/mol. The molecule has 1 aromatic carbocycles. The summed E-state index contributed by atoms with van der Waals surface area (Å²) in [6.45, 7) is 19.3. The Labute approximate surface area is 189 Å². The van der Waals surface area contributed by atoms with Crippen LogP contribution in [0.25, 0.3) is 0 Å². The molecule has 4 atom stereocenters. The molecule has 6 heteroatoms. The van der Waals surface area contributed by atoms with Crippen molar-refractivity contribution in [3.8, 4) is 0 Å². The van der Waals surface area contributed by atoms with Gasteiger partial charge in [-0.2, -0.15) is 0 Å². The number of methoxy groups -OCH3 is 1. The summed E-state index contributed by atoms with van der Waals surface area (Å²) in [5, 5.41) is 0.177. The Morgan fingerprint density at radius 2 is 1.87 bits per heavy atom. The van der Waals surface area contributed by atoms with Gasteiger partial charge in [0.25, 0.3) is 5.91 Å². The minimum absolute atomic E-state index is 0.0222. The molecule has 0 spiro atoms. The second-order valence-electron chi connectivity index (χ2n) is 10.6. The van der Waals surface area contributed by atoms with Crippen molar-refractivity contribution in [3.05, 3.63) is 42.5 Å². The van der Waals surface area contributed by atoms with E-state index in [-0.39, 0.29) is 29.1 Å². The highest BCUT2D eigenvalue weighted by Crippen LogP contribution is 2.41. The number of anilines is 1. The maximum atomic E-state index is 13.0. The standard InChI is InChI=1S/C25H40N2O3Si/c1-9-15-26-16-14-20(30-31(7,8)25(3,4)5)17-21(26)22-23(29-6)24(28)27(22)19-12-10-18(2)11-13-19/h9-13,20-23H,1,14-17H2,2-8H3/t20-,21+,22+,23-/m1/s1. The molecule has 0 aromatic heterocycles. The number of amides is 1. The number of carbonyl (C=O) groups is 1. The van der Waals surface area contributed by atoms with Crippen LogP contribution in [0.4, 0.5) is 5.69 Å². The van der Waals surface area contributed by atoms with Crippen LogP contribution in [0.1, 0.15) is 39.2 Å². The van der Waals surface area contributed by atoms with E-state index in [4.69, 9.17) is 9.16 Å². The van der Waals surface area contributed by atoms with E-state index in [9.17, 15) is 4.79 Å². The second-order valence-corrected chi connectivity index (χ2v) is 15.3. The van der Waals surface area contributed by atoms with E-state index in [1.54, 1.807) is 7.11 Å². The molecule has 3 rings (SSSR count). The Hall–Kier alpha value is -1.47. The molecular weight excluding hydrogens is 404 g/mol. The van der Waals surface area contributed by atoms with Gasteiger partial charge in [0.2, 0.25) is 0 Å². The zero-order valence-electron chi connectivity index (χ0n) is 20.4. The molecule has 2 saturated heterocycles. The van der Waals surface area contributed by atoms with Gasteiger partial charge in [0.1, 0.15) is 0 Å². The Morgan fingerprint density at radius 1 is 1.23 bits per heavy atom. The number of hydrogen-bond acceptors (Lipinski definition) is 4. The molecule has 2 aliphatic heterocycles. The summed E-state index contributed by atoms with van der Waals surface area (Å²) in [5.41, 5.74) is 2.13. The molecule has 0 N–H and O–H groups in total. The van der Waals surface area contributed by atoms with Gasteiger partial charge < -0.3 is 14.1 Å². The summed E-state index contributed by atoms with van der Waals surface area (Å²) in [5.74, 6) is 0.0438. The molecule has 31 heavy (non-hydrogen) atoms. The topological polar surface area (TPSA) is 42.0 Å². The predicted molar refractivity (Wildman–Crippen MR) is 130 cm³/mol. The van der Waals surface area contributed by atoms with Gasteiger partial charge in [0.05, 0.1) is 6.04 Å². The first-order valence-corrected chi connectivity index (χ1v) is 14.4. The molecular formula is C25H40N2O3Si. The lowest BCUT2D eigenvalue weighted by Crippen LogP contribution is -2.73. The van der Waals surface area contributed by atoms with Crippen LogP contribution >= 0.6 is 0 Å². The molecule has 0 saturated carbocycles. The van der Waals surface area contributed by atoms with Crippen LogP contribution in [0, 0.1) is 6.92 Å². The van der Waals surface area contributed by atoms with E-state index < -0.39 is 14.4 Å². The molecule has 1 aromatic rings. The maximum absolute atomic E-state index is 13.0. The predicted octanol–water partition coefficient (Wildman–Crippen LogP) is 4.77. The minimum Gasteiger partial charge on any atom is -0.414 e. The lowest BCUT2D eigenvalue weighted by molar-refractivity contribution is -0.143. The number of carbonyl (C=O) groups excluding carboxylic acids is 1. The zero-order valence-corrected chi connectivity index (χ0v) is 21.4. The van der Waals surface area contributed by atoms with Crippen LogP contribution in [-0.2, 0) is 14.0 Å². The van der Waals surface area contributed by atoms with Gasteiger partial charge >= 0.3 is 0 Å². The average Bonchev–Trinajstić information content (AvgIpc) is 2.68. The number of aryl methyl sites for hydroxylation is 1. The number of likely N-dealkylation sites (tertiary alicyclic amines) is 1. The fraction of sp³-hybridized carbons (Fsp3) is 0.640. The third-order valence-electron chi connectivity index (χ3n) is 7.39. The van der Waals surface area contributed by atoms with Crippen LogP contribution in [-0.4, -0.2) is 63.6 Å². The summed E-state index contributed by atoms with van der Waals surface area (Å²) in [6.07, 6.45) is 3.67. The van der Waals surface area contributed by atoms with Crippen molar-refractivity contribution in [1.82, 2.24) is 4.90 Å². The van der Waals surface area contributed by atoms with E-state index in [0.29, 0.717) is 0 Å². The number of piperidine rings is 1. The molecule has 0 unspecified atom stereocenters. The smallest absolute Gasteiger partial charge is 0.258 e. The molecule has 0 radical (unpaired) electrons. The molecule has 172 valence electrons. The fourth-order valence-electron chi connectivity index (χ4n) is 4.56. The van der Waals surface area contributed by atoms with Crippen molar-refractivity contribution in [2.45, 2.75) is 83.0 Å². The highest BCUT2D eigenvalue weighted by atomic mass is 28.4. The zero-order chi connectivity index (χ0) is 23.0. The minimum atomic E-state index is -1.87. The summed E-state index contributed by atoms with van der Waals surface area (Å²) < 4.78 is 12.5.